The molecule has 0 amide bonds. The molecule has 0 aliphatic carbocycles. The molecule has 0 radical (unpaired) electrons. The van der Waals surface area contributed by atoms with Crippen molar-refractivity contribution in [3.8, 4) is 0 Å². The molecule has 0 saturated heterocycles. The molecule has 20 heavy (non-hydrogen) atoms. The zero-order valence-electron chi connectivity index (χ0n) is 11.5. The average Bonchev–Trinajstić information content (AvgIpc) is 2.33. The maximum atomic E-state index is 11.1. The quantitative estimate of drug-likeness (QED) is 0.617. The van der Waals surface area contributed by atoms with Crippen LogP contribution in [0.4, 0.5) is 5.69 Å². The van der Waals surface area contributed by atoms with Crippen LogP contribution in [0.25, 0.3) is 0 Å². The summed E-state index contributed by atoms with van der Waals surface area (Å²) in [5.41, 5.74) is 0.139. The Bertz CT molecular complexity index is 586. The van der Waals surface area contributed by atoms with E-state index in [0.717, 1.165) is 6.26 Å². The Balaban J connectivity index is 2.77. The van der Waals surface area contributed by atoms with Crippen LogP contribution in [0, 0.1) is 0 Å². The number of anilines is 1. The standard InChI is InChI=1S/C11H18N4O4S/c1-7(2)10-13-6-8(9(15-10)11(16)17)12-4-5-14-20(3,18)19/h6-7,12,14H,4-5H2,1-3H3,(H,16,17). The van der Waals surface area contributed by atoms with Gasteiger partial charge in [-0.3, -0.25) is 0 Å². The molecule has 0 aromatic carbocycles. The van der Waals surface area contributed by atoms with E-state index < -0.39 is 16.0 Å². The molecule has 8 nitrogen and oxygen atoms in total. The fourth-order valence-electron chi connectivity index (χ4n) is 1.40. The highest BCUT2D eigenvalue weighted by Crippen LogP contribution is 2.16. The number of carbonyl (C=O) groups is 1. The number of sulfonamides is 1. The van der Waals surface area contributed by atoms with Crippen molar-refractivity contribution in [2.75, 3.05) is 24.7 Å². The summed E-state index contributed by atoms with van der Waals surface area (Å²) in [6.07, 6.45) is 2.45. The van der Waals surface area contributed by atoms with Gasteiger partial charge in [0.2, 0.25) is 10.0 Å². The molecule has 1 aromatic heterocycles. The number of nitrogens with zero attached hydrogens (tertiary/aromatic N) is 2. The topological polar surface area (TPSA) is 121 Å². The first-order valence-electron chi connectivity index (χ1n) is 5.99. The largest absolute Gasteiger partial charge is 0.476 e. The Kier molecular flexibility index (Phi) is 5.40. The second-order valence-corrected chi connectivity index (χ2v) is 6.38. The summed E-state index contributed by atoms with van der Waals surface area (Å²) in [5, 5.41) is 11.9. The van der Waals surface area contributed by atoms with Gasteiger partial charge in [-0.05, 0) is 0 Å². The number of aromatic nitrogens is 2. The van der Waals surface area contributed by atoms with Crippen molar-refractivity contribution in [3.05, 3.63) is 17.7 Å². The van der Waals surface area contributed by atoms with Gasteiger partial charge in [-0.2, -0.15) is 0 Å². The van der Waals surface area contributed by atoms with Crippen molar-refractivity contribution in [1.82, 2.24) is 14.7 Å². The fourth-order valence-corrected chi connectivity index (χ4v) is 1.87. The zero-order chi connectivity index (χ0) is 15.3. The van der Waals surface area contributed by atoms with Crippen LogP contribution in [0.2, 0.25) is 0 Å². The van der Waals surface area contributed by atoms with Crippen LogP contribution in [-0.4, -0.2) is 48.8 Å². The molecule has 1 rings (SSSR count). The van der Waals surface area contributed by atoms with Crippen LogP contribution in [0.5, 0.6) is 0 Å². The molecule has 112 valence electrons. The minimum absolute atomic E-state index is 0.0223. The van der Waals surface area contributed by atoms with Crippen molar-refractivity contribution in [1.29, 1.82) is 0 Å². The Morgan fingerprint density at radius 2 is 2.05 bits per heavy atom. The molecule has 0 fully saturated rings. The Hall–Kier alpha value is -1.74. The highest BCUT2D eigenvalue weighted by Gasteiger charge is 2.15. The van der Waals surface area contributed by atoms with E-state index in [1.807, 2.05) is 13.8 Å². The fraction of sp³-hybridized carbons (Fsp3) is 0.545. The summed E-state index contributed by atoms with van der Waals surface area (Å²) in [6, 6.07) is 0. The van der Waals surface area contributed by atoms with Gasteiger partial charge in [-0.25, -0.2) is 27.9 Å². The maximum Gasteiger partial charge on any atom is 0.356 e. The summed E-state index contributed by atoms with van der Waals surface area (Å²) in [7, 11) is -3.26. The second kappa shape index (κ2) is 6.62. The van der Waals surface area contributed by atoms with Gasteiger partial charge >= 0.3 is 5.97 Å². The maximum absolute atomic E-state index is 11.1. The van der Waals surface area contributed by atoms with Crippen LogP contribution in [-0.2, 0) is 10.0 Å². The molecule has 0 spiro atoms. The number of hydrogen-bond donors (Lipinski definition) is 3. The molecular formula is C11H18N4O4S. The third kappa shape index (κ3) is 5.10. The van der Waals surface area contributed by atoms with Gasteiger partial charge in [0.15, 0.2) is 5.69 Å². The molecule has 0 aliphatic heterocycles. The molecule has 0 unspecified atom stereocenters. The highest BCUT2D eigenvalue weighted by atomic mass is 32.2. The molecule has 0 bridgehead atoms. The lowest BCUT2D eigenvalue weighted by Gasteiger charge is -2.11. The Labute approximate surface area is 117 Å². The SMILES string of the molecule is CC(C)c1ncc(NCCNS(C)(=O)=O)c(C(=O)O)n1. The third-order valence-corrected chi connectivity index (χ3v) is 3.06. The van der Waals surface area contributed by atoms with Gasteiger partial charge in [-0.1, -0.05) is 13.8 Å². The summed E-state index contributed by atoms with van der Waals surface area (Å²) in [6.45, 7) is 4.11. The molecule has 0 aliphatic rings. The van der Waals surface area contributed by atoms with Crippen LogP contribution in [0.3, 0.4) is 0 Å². The van der Waals surface area contributed by atoms with E-state index in [4.69, 9.17) is 5.11 Å². The van der Waals surface area contributed by atoms with Gasteiger partial charge in [0.1, 0.15) is 5.82 Å². The molecule has 1 aromatic rings. The lowest BCUT2D eigenvalue weighted by atomic mass is 10.2. The zero-order valence-corrected chi connectivity index (χ0v) is 12.4. The molecule has 3 N–H and O–H groups in total. The number of nitrogens with one attached hydrogen (secondary N) is 2. The number of carboxylic acid groups (broad SMARTS) is 1. The van der Waals surface area contributed by atoms with Crippen molar-refractivity contribution in [3.63, 3.8) is 0 Å². The van der Waals surface area contributed by atoms with Crippen molar-refractivity contribution >= 4 is 21.7 Å². The minimum atomic E-state index is -3.26. The molecule has 1 heterocycles. The van der Waals surface area contributed by atoms with Gasteiger partial charge in [0.05, 0.1) is 18.1 Å². The molecule has 0 atom stereocenters. The first kappa shape index (κ1) is 16.3. The van der Waals surface area contributed by atoms with E-state index in [9.17, 15) is 13.2 Å². The van der Waals surface area contributed by atoms with Crippen molar-refractivity contribution in [2.24, 2.45) is 0 Å². The van der Waals surface area contributed by atoms with Gasteiger partial charge in [-0.15, -0.1) is 0 Å². The van der Waals surface area contributed by atoms with E-state index in [1.165, 1.54) is 6.20 Å². The van der Waals surface area contributed by atoms with Gasteiger partial charge < -0.3 is 10.4 Å². The smallest absolute Gasteiger partial charge is 0.356 e. The molecule has 0 saturated carbocycles. The Morgan fingerprint density at radius 1 is 1.40 bits per heavy atom. The lowest BCUT2D eigenvalue weighted by Crippen LogP contribution is -2.28. The van der Waals surface area contributed by atoms with E-state index in [1.54, 1.807) is 0 Å². The monoisotopic (exact) mass is 302 g/mol. The number of hydrogen-bond acceptors (Lipinski definition) is 6. The number of carboxylic acids is 1. The summed E-state index contributed by atoms with van der Waals surface area (Å²) >= 11 is 0. The molecular weight excluding hydrogens is 284 g/mol. The summed E-state index contributed by atoms with van der Waals surface area (Å²) in [5.74, 6) is -0.691. The van der Waals surface area contributed by atoms with E-state index >= 15 is 0 Å². The number of aromatic carboxylic acids is 1. The van der Waals surface area contributed by atoms with E-state index in [0.29, 0.717) is 5.82 Å². The molecule has 9 heteroatoms. The summed E-state index contributed by atoms with van der Waals surface area (Å²) in [4.78, 5) is 19.2. The highest BCUT2D eigenvalue weighted by molar-refractivity contribution is 7.88. The second-order valence-electron chi connectivity index (χ2n) is 4.54. The first-order chi connectivity index (χ1) is 9.20. The van der Waals surface area contributed by atoms with Crippen molar-refractivity contribution < 1.29 is 18.3 Å². The number of rotatable bonds is 7. The lowest BCUT2D eigenvalue weighted by molar-refractivity contribution is 0.0691. The van der Waals surface area contributed by atoms with E-state index in [-0.39, 0.29) is 30.4 Å². The summed E-state index contributed by atoms with van der Waals surface area (Å²) < 4.78 is 24.1. The average molecular weight is 302 g/mol. The minimum Gasteiger partial charge on any atom is -0.476 e. The van der Waals surface area contributed by atoms with Crippen LogP contribution >= 0.6 is 0 Å². The normalized spacial score (nSPS) is 11.6. The Morgan fingerprint density at radius 3 is 2.55 bits per heavy atom. The third-order valence-electron chi connectivity index (χ3n) is 2.33. The predicted octanol–water partition coefficient (Wildman–Crippen LogP) is 0.259. The predicted molar refractivity (Wildman–Crippen MR) is 74.4 cm³/mol. The van der Waals surface area contributed by atoms with Crippen LogP contribution in [0.15, 0.2) is 6.20 Å². The first-order valence-corrected chi connectivity index (χ1v) is 7.88. The van der Waals surface area contributed by atoms with Crippen molar-refractivity contribution in [2.45, 2.75) is 19.8 Å². The van der Waals surface area contributed by atoms with Gasteiger partial charge in [0.25, 0.3) is 0 Å². The van der Waals surface area contributed by atoms with Crippen LogP contribution in [0.1, 0.15) is 36.1 Å². The van der Waals surface area contributed by atoms with Crippen LogP contribution < -0.4 is 10.0 Å². The van der Waals surface area contributed by atoms with Gasteiger partial charge in [0, 0.05) is 19.0 Å². The van der Waals surface area contributed by atoms with E-state index in [2.05, 4.69) is 20.0 Å².